The topological polar surface area (TPSA) is 66.5 Å². The molecule has 1 saturated heterocycles. The molecule has 1 aliphatic rings. The number of hydrogen-bond donors (Lipinski definition) is 1. The van der Waals surface area contributed by atoms with Crippen LogP contribution in [0.25, 0.3) is 0 Å². The van der Waals surface area contributed by atoms with Gasteiger partial charge in [-0.25, -0.2) is 8.42 Å². The Hall–Kier alpha value is -2.10. The van der Waals surface area contributed by atoms with Crippen molar-refractivity contribution in [1.29, 1.82) is 0 Å². The number of alkyl halides is 3. The van der Waals surface area contributed by atoms with Crippen LogP contribution >= 0.6 is 11.6 Å². The van der Waals surface area contributed by atoms with E-state index in [1.165, 1.54) is 16.4 Å². The van der Waals surface area contributed by atoms with Crippen molar-refractivity contribution in [3.8, 4) is 0 Å². The van der Waals surface area contributed by atoms with Crippen molar-refractivity contribution in [3.05, 3.63) is 58.6 Å². The minimum absolute atomic E-state index is 0.0312. The van der Waals surface area contributed by atoms with Gasteiger partial charge in [0.1, 0.15) is 0 Å². The van der Waals surface area contributed by atoms with E-state index >= 15 is 0 Å². The average molecular weight is 461 g/mol. The third kappa shape index (κ3) is 4.96. The predicted octanol–water partition coefficient (Wildman–Crippen LogP) is 4.71. The molecule has 1 fully saturated rings. The smallest absolute Gasteiger partial charge is 0.324 e. The molecule has 2 aromatic rings. The van der Waals surface area contributed by atoms with Crippen LogP contribution in [-0.2, 0) is 21.0 Å². The van der Waals surface area contributed by atoms with E-state index in [2.05, 4.69) is 5.32 Å². The predicted molar refractivity (Wildman–Crippen MR) is 108 cm³/mol. The molecule has 0 spiro atoms. The molecular formula is C20H20ClF3N2O3S. The molecule has 0 radical (unpaired) electrons. The summed E-state index contributed by atoms with van der Waals surface area (Å²) < 4.78 is 65.8. The molecule has 1 atom stereocenters. The van der Waals surface area contributed by atoms with Crippen molar-refractivity contribution in [2.75, 3.05) is 18.4 Å². The van der Waals surface area contributed by atoms with Crippen molar-refractivity contribution in [2.24, 2.45) is 5.92 Å². The van der Waals surface area contributed by atoms with Gasteiger partial charge in [0.25, 0.3) is 0 Å². The van der Waals surface area contributed by atoms with Gasteiger partial charge < -0.3 is 5.32 Å². The van der Waals surface area contributed by atoms with Gasteiger partial charge >= 0.3 is 6.18 Å². The monoisotopic (exact) mass is 460 g/mol. The molecular weight excluding hydrogens is 441 g/mol. The molecule has 0 bridgehead atoms. The van der Waals surface area contributed by atoms with E-state index in [1.54, 1.807) is 12.1 Å². The maximum atomic E-state index is 12.9. The van der Waals surface area contributed by atoms with Crippen LogP contribution in [0.5, 0.6) is 0 Å². The zero-order valence-corrected chi connectivity index (χ0v) is 17.6. The number of carbonyl (C=O) groups excluding carboxylic acids is 1. The highest BCUT2D eigenvalue weighted by atomic mass is 35.5. The summed E-state index contributed by atoms with van der Waals surface area (Å²) in [5.74, 6) is -1.27. The van der Waals surface area contributed by atoms with Crippen molar-refractivity contribution < 1.29 is 26.4 Å². The summed E-state index contributed by atoms with van der Waals surface area (Å²) in [6, 6.07) is 9.06. The molecule has 1 amide bonds. The number of sulfonamides is 1. The first-order chi connectivity index (χ1) is 14.0. The summed E-state index contributed by atoms with van der Waals surface area (Å²) in [7, 11) is -3.77. The summed E-state index contributed by atoms with van der Waals surface area (Å²) in [5.41, 5.74) is -0.174. The largest absolute Gasteiger partial charge is 0.416 e. The van der Waals surface area contributed by atoms with E-state index in [9.17, 15) is 26.4 Å². The number of halogens is 4. The van der Waals surface area contributed by atoms with Gasteiger partial charge in [0.15, 0.2) is 0 Å². The van der Waals surface area contributed by atoms with Crippen LogP contribution in [-0.4, -0.2) is 31.7 Å². The van der Waals surface area contributed by atoms with Gasteiger partial charge in [-0.2, -0.15) is 17.5 Å². The van der Waals surface area contributed by atoms with E-state index in [1.807, 2.05) is 6.92 Å². The summed E-state index contributed by atoms with van der Waals surface area (Å²) in [5, 5.41) is 2.39. The minimum Gasteiger partial charge on any atom is -0.324 e. The molecule has 5 nitrogen and oxygen atoms in total. The number of rotatable bonds is 4. The molecule has 1 heterocycles. The SMILES string of the molecule is Cc1ccc(S(=O)(=O)N2CCC[C@@H](C(=O)Nc3cc(C(F)(F)F)ccc3Cl)C2)cc1. The highest BCUT2D eigenvalue weighted by molar-refractivity contribution is 7.89. The zero-order valence-electron chi connectivity index (χ0n) is 16.0. The number of anilines is 1. The minimum atomic E-state index is -4.58. The highest BCUT2D eigenvalue weighted by Crippen LogP contribution is 2.34. The van der Waals surface area contributed by atoms with Crippen molar-refractivity contribution in [1.82, 2.24) is 4.31 Å². The van der Waals surface area contributed by atoms with Gasteiger partial charge in [-0.3, -0.25) is 4.79 Å². The van der Waals surface area contributed by atoms with Crippen molar-refractivity contribution >= 4 is 33.2 Å². The van der Waals surface area contributed by atoms with Crippen LogP contribution in [0, 0.1) is 12.8 Å². The van der Waals surface area contributed by atoms with Crippen LogP contribution in [0.2, 0.25) is 5.02 Å². The molecule has 1 aliphatic heterocycles. The van der Waals surface area contributed by atoms with E-state index in [0.717, 1.165) is 23.8 Å². The lowest BCUT2D eigenvalue weighted by atomic mass is 9.98. The number of nitrogens with one attached hydrogen (secondary N) is 1. The number of aryl methyl sites for hydroxylation is 1. The Bertz CT molecular complexity index is 1040. The fourth-order valence-electron chi connectivity index (χ4n) is 3.27. The molecule has 0 saturated carbocycles. The quantitative estimate of drug-likeness (QED) is 0.718. The molecule has 30 heavy (non-hydrogen) atoms. The zero-order chi connectivity index (χ0) is 22.1. The standard InChI is InChI=1S/C20H20ClF3N2O3S/c1-13-4-7-16(8-5-13)30(28,29)26-10-2-3-14(12-26)19(27)25-18-11-15(20(22,23)24)6-9-17(18)21/h4-9,11,14H,2-3,10,12H2,1H3,(H,25,27)/t14-/m1/s1. The maximum Gasteiger partial charge on any atom is 0.416 e. The molecule has 2 aromatic carbocycles. The molecule has 162 valence electrons. The van der Waals surface area contributed by atoms with Gasteiger partial charge in [0.2, 0.25) is 15.9 Å². The van der Waals surface area contributed by atoms with Crippen LogP contribution in [0.4, 0.5) is 18.9 Å². The third-order valence-electron chi connectivity index (χ3n) is 4.97. The molecule has 10 heteroatoms. The molecule has 3 rings (SSSR count). The second-order valence-electron chi connectivity index (χ2n) is 7.20. The van der Waals surface area contributed by atoms with Gasteiger partial charge in [0, 0.05) is 13.1 Å². The lowest BCUT2D eigenvalue weighted by molar-refractivity contribution is -0.137. The Balaban J connectivity index is 1.76. The Morgan fingerprint density at radius 3 is 2.47 bits per heavy atom. The number of hydrogen-bond acceptors (Lipinski definition) is 3. The van der Waals surface area contributed by atoms with Crippen molar-refractivity contribution in [3.63, 3.8) is 0 Å². The van der Waals surface area contributed by atoms with Crippen LogP contribution < -0.4 is 5.32 Å². The molecule has 0 unspecified atom stereocenters. The van der Waals surface area contributed by atoms with E-state index in [-0.39, 0.29) is 28.7 Å². The second-order valence-corrected chi connectivity index (χ2v) is 9.54. The lowest BCUT2D eigenvalue weighted by Gasteiger charge is -2.31. The number of carbonyl (C=O) groups is 1. The number of piperidine rings is 1. The van der Waals surface area contributed by atoms with Gasteiger partial charge in [-0.05, 0) is 50.1 Å². The van der Waals surface area contributed by atoms with E-state index in [4.69, 9.17) is 11.6 Å². The first-order valence-electron chi connectivity index (χ1n) is 9.23. The van der Waals surface area contributed by atoms with Gasteiger partial charge in [0.05, 0.1) is 27.1 Å². The number of amides is 1. The fraction of sp³-hybridized carbons (Fsp3) is 0.350. The van der Waals surface area contributed by atoms with Crippen molar-refractivity contribution in [2.45, 2.75) is 30.8 Å². The maximum absolute atomic E-state index is 12.9. The first kappa shape index (κ1) is 22.6. The second kappa shape index (κ2) is 8.56. The number of nitrogens with zero attached hydrogens (tertiary/aromatic N) is 1. The molecule has 0 aliphatic carbocycles. The Labute approximate surface area is 177 Å². The summed E-state index contributed by atoms with van der Waals surface area (Å²) in [6.07, 6.45) is -3.70. The molecule has 0 aromatic heterocycles. The summed E-state index contributed by atoms with van der Waals surface area (Å²) >= 11 is 5.93. The molecule has 1 N–H and O–H groups in total. The summed E-state index contributed by atoms with van der Waals surface area (Å²) in [4.78, 5) is 12.8. The fourth-order valence-corrected chi connectivity index (χ4v) is 4.95. The third-order valence-corrected chi connectivity index (χ3v) is 7.17. The highest BCUT2D eigenvalue weighted by Gasteiger charge is 2.34. The Morgan fingerprint density at radius 1 is 1.17 bits per heavy atom. The van der Waals surface area contributed by atoms with E-state index < -0.39 is 33.6 Å². The lowest BCUT2D eigenvalue weighted by Crippen LogP contribution is -2.43. The van der Waals surface area contributed by atoms with Gasteiger partial charge in [-0.15, -0.1) is 0 Å². The van der Waals surface area contributed by atoms with Gasteiger partial charge in [-0.1, -0.05) is 29.3 Å². The Morgan fingerprint density at radius 2 is 1.83 bits per heavy atom. The van der Waals surface area contributed by atoms with Crippen LogP contribution in [0.15, 0.2) is 47.4 Å². The van der Waals surface area contributed by atoms with Crippen LogP contribution in [0.3, 0.4) is 0 Å². The van der Waals surface area contributed by atoms with E-state index in [0.29, 0.717) is 12.8 Å². The Kier molecular flexibility index (Phi) is 6.45. The van der Waals surface area contributed by atoms with Crippen LogP contribution in [0.1, 0.15) is 24.0 Å². The normalized spacial score (nSPS) is 18.2. The average Bonchev–Trinajstić information content (AvgIpc) is 2.69. The first-order valence-corrected chi connectivity index (χ1v) is 11.0. The number of benzene rings is 2. The summed E-state index contributed by atoms with van der Waals surface area (Å²) in [6.45, 7) is 2.06.